The van der Waals surface area contributed by atoms with Crippen LogP contribution in [0.15, 0.2) is 15.9 Å². The van der Waals surface area contributed by atoms with Gasteiger partial charge in [0.1, 0.15) is 4.88 Å². The summed E-state index contributed by atoms with van der Waals surface area (Å²) in [6.07, 6.45) is 3.42. The molecule has 0 aromatic carbocycles. The van der Waals surface area contributed by atoms with E-state index in [9.17, 15) is 4.79 Å². The largest absolute Gasteiger partial charge is 0.338 e. The smallest absolute Gasteiger partial charge is 0.265 e. The summed E-state index contributed by atoms with van der Waals surface area (Å²) >= 11 is 4.96. The molecule has 0 bridgehead atoms. The minimum atomic E-state index is 0.185. The average molecular weight is 316 g/mol. The Labute approximate surface area is 115 Å². The first-order valence-electron chi connectivity index (χ1n) is 6.02. The van der Waals surface area contributed by atoms with E-state index < -0.39 is 0 Å². The maximum absolute atomic E-state index is 12.4. The Morgan fingerprint density at radius 1 is 1.41 bits per heavy atom. The summed E-state index contributed by atoms with van der Waals surface area (Å²) in [5.74, 6) is 0.185. The molecular weight excluding hydrogens is 298 g/mol. The molecule has 0 atom stereocenters. The van der Waals surface area contributed by atoms with Crippen molar-refractivity contribution in [3.8, 4) is 0 Å². The lowest BCUT2D eigenvalue weighted by atomic mass is 9.85. The third-order valence-electron chi connectivity index (χ3n) is 3.44. The highest BCUT2D eigenvalue weighted by atomic mass is 79.9. The Bertz CT molecular complexity index is 413. The first kappa shape index (κ1) is 13.1. The Kier molecular flexibility index (Phi) is 3.93. The van der Waals surface area contributed by atoms with Crippen molar-refractivity contribution in [1.29, 1.82) is 0 Å². The number of carbonyl (C=O) groups is 1. The molecule has 0 N–H and O–H groups in total. The predicted molar refractivity (Wildman–Crippen MR) is 75.6 cm³/mol. The van der Waals surface area contributed by atoms with Gasteiger partial charge >= 0.3 is 0 Å². The molecule has 0 spiro atoms. The van der Waals surface area contributed by atoms with Gasteiger partial charge in [0.25, 0.3) is 5.91 Å². The van der Waals surface area contributed by atoms with Gasteiger partial charge in [-0.15, -0.1) is 11.3 Å². The Hall–Kier alpha value is -0.350. The zero-order valence-corrected chi connectivity index (χ0v) is 12.7. The van der Waals surface area contributed by atoms with Crippen LogP contribution in [0.2, 0.25) is 0 Å². The van der Waals surface area contributed by atoms with Crippen LogP contribution >= 0.6 is 27.3 Å². The summed E-state index contributed by atoms with van der Waals surface area (Å²) in [6, 6.07) is 1.94. The number of nitrogens with zero attached hydrogens (tertiary/aromatic N) is 1. The molecule has 0 saturated carbocycles. The number of carbonyl (C=O) groups excluding carboxylic acids is 1. The van der Waals surface area contributed by atoms with E-state index in [4.69, 9.17) is 0 Å². The van der Waals surface area contributed by atoms with Gasteiger partial charge in [0, 0.05) is 17.6 Å². The Morgan fingerprint density at radius 3 is 2.82 bits per heavy atom. The molecule has 2 rings (SSSR count). The van der Waals surface area contributed by atoms with Gasteiger partial charge in [-0.25, -0.2) is 0 Å². The number of hydrogen-bond donors (Lipinski definition) is 0. The van der Waals surface area contributed by atoms with Crippen molar-refractivity contribution in [1.82, 2.24) is 4.90 Å². The molecular formula is C13H18BrNOS. The van der Waals surface area contributed by atoms with Crippen LogP contribution in [0.5, 0.6) is 0 Å². The molecule has 1 aliphatic rings. The Morgan fingerprint density at radius 2 is 2.18 bits per heavy atom. The fourth-order valence-electron chi connectivity index (χ4n) is 2.22. The van der Waals surface area contributed by atoms with Crippen molar-refractivity contribution in [3.63, 3.8) is 0 Å². The van der Waals surface area contributed by atoms with Gasteiger partial charge in [-0.1, -0.05) is 13.8 Å². The van der Waals surface area contributed by atoms with Gasteiger partial charge in [0.05, 0.1) is 0 Å². The number of likely N-dealkylation sites (tertiary alicyclic amines) is 1. The van der Waals surface area contributed by atoms with Gasteiger partial charge in [-0.3, -0.25) is 4.79 Å². The molecule has 94 valence electrons. The molecule has 0 radical (unpaired) electrons. The van der Waals surface area contributed by atoms with Gasteiger partial charge in [-0.2, -0.15) is 0 Å². The fraction of sp³-hybridized carbons (Fsp3) is 0.615. The lowest BCUT2D eigenvalue weighted by Gasteiger charge is -2.23. The van der Waals surface area contributed by atoms with Crippen molar-refractivity contribution in [2.24, 2.45) is 5.41 Å². The third-order valence-corrected chi connectivity index (χ3v) is 5.26. The third kappa shape index (κ3) is 3.10. The van der Waals surface area contributed by atoms with E-state index in [0.717, 1.165) is 35.3 Å². The SMILES string of the molecule is CC1(C)CCCN(C(=O)c2sccc2Br)CC1. The predicted octanol–water partition coefficient (Wildman–Crippen LogP) is 4.16. The molecule has 0 unspecified atom stereocenters. The second-order valence-electron chi connectivity index (χ2n) is 5.41. The lowest BCUT2D eigenvalue weighted by Crippen LogP contribution is -2.32. The van der Waals surface area contributed by atoms with Crippen LogP contribution in [0.4, 0.5) is 0 Å². The monoisotopic (exact) mass is 315 g/mol. The second kappa shape index (κ2) is 5.11. The zero-order chi connectivity index (χ0) is 12.5. The zero-order valence-electron chi connectivity index (χ0n) is 10.3. The fourth-order valence-corrected chi connectivity index (χ4v) is 3.72. The molecule has 4 heteroatoms. The first-order valence-corrected chi connectivity index (χ1v) is 7.69. The van der Waals surface area contributed by atoms with E-state index in [2.05, 4.69) is 29.8 Å². The van der Waals surface area contributed by atoms with Gasteiger partial charge in [-0.05, 0) is 52.1 Å². The summed E-state index contributed by atoms with van der Waals surface area (Å²) < 4.78 is 0.927. The van der Waals surface area contributed by atoms with Gasteiger partial charge < -0.3 is 4.90 Å². The molecule has 2 nitrogen and oxygen atoms in total. The van der Waals surface area contributed by atoms with Crippen LogP contribution < -0.4 is 0 Å². The van der Waals surface area contributed by atoms with Gasteiger partial charge in [0.2, 0.25) is 0 Å². The summed E-state index contributed by atoms with van der Waals surface area (Å²) in [5, 5.41) is 1.96. The molecule has 1 aromatic heterocycles. The number of halogens is 1. The van der Waals surface area contributed by atoms with E-state index in [1.807, 2.05) is 16.3 Å². The van der Waals surface area contributed by atoms with Crippen molar-refractivity contribution in [2.45, 2.75) is 33.1 Å². The lowest BCUT2D eigenvalue weighted by molar-refractivity contribution is 0.0761. The summed E-state index contributed by atoms with van der Waals surface area (Å²) in [6.45, 7) is 6.37. The van der Waals surface area contributed by atoms with Crippen LogP contribution in [-0.4, -0.2) is 23.9 Å². The van der Waals surface area contributed by atoms with E-state index in [1.54, 1.807) is 0 Å². The van der Waals surface area contributed by atoms with Crippen molar-refractivity contribution < 1.29 is 4.79 Å². The van der Waals surface area contributed by atoms with Crippen LogP contribution in [0.1, 0.15) is 42.8 Å². The molecule has 17 heavy (non-hydrogen) atoms. The highest BCUT2D eigenvalue weighted by Gasteiger charge is 2.26. The Balaban J connectivity index is 2.08. The maximum atomic E-state index is 12.4. The summed E-state index contributed by atoms with van der Waals surface area (Å²) in [5.41, 5.74) is 0.377. The van der Waals surface area contributed by atoms with Crippen molar-refractivity contribution in [3.05, 3.63) is 20.8 Å². The molecule has 0 aliphatic carbocycles. The van der Waals surface area contributed by atoms with Crippen LogP contribution in [0.3, 0.4) is 0 Å². The van der Waals surface area contributed by atoms with E-state index in [-0.39, 0.29) is 5.91 Å². The second-order valence-corrected chi connectivity index (χ2v) is 7.18. The first-order chi connectivity index (χ1) is 7.99. The number of amides is 1. The molecule has 2 heterocycles. The van der Waals surface area contributed by atoms with Crippen molar-refractivity contribution in [2.75, 3.05) is 13.1 Å². The minimum absolute atomic E-state index is 0.185. The maximum Gasteiger partial charge on any atom is 0.265 e. The van der Waals surface area contributed by atoms with Gasteiger partial charge in [0.15, 0.2) is 0 Å². The van der Waals surface area contributed by atoms with E-state index >= 15 is 0 Å². The molecule has 1 saturated heterocycles. The summed E-state index contributed by atoms with van der Waals surface area (Å²) in [7, 11) is 0. The molecule has 1 aliphatic heterocycles. The van der Waals surface area contributed by atoms with Crippen LogP contribution in [-0.2, 0) is 0 Å². The minimum Gasteiger partial charge on any atom is -0.338 e. The summed E-state index contributed by atoms with van der Waals surface area (Å²) in [4.78, 5) is 15.2. The normalized spacial score (nSPS) is 20.1. The standard InChI is InChI=1S/C13H18BrNOS/c1-13(2)5-3-7-15(8-6-13)12(16)11-10(14)4-9-17-11/h4,9H,3,5-8H2,1-2H3. The number of thiophene rings is 1. The average Bonchev–Trinajstić information content (AvgIpc) is 2.59. The number of hydrogen-bond acceptors (Lipinski definition) is 2. The van der Waals surface area contributed by atoms with E-state index in [1.165, 1.54) is 17.8 Å². The molecule has 1 fully saturated rings. The van der Waals surface area contributed by atoms with Crippen molar-refractivity contribution >= 4 is 33.2 Å². The highest BCUT2D eigenvalue weighted by molar-refractivity contribution is 9.10. The molecule has 1 aromatic rings. The molecule has 1 amide bonds. The number of rotatable bonds is 1. The quantitative estimate of drug-likeness (QED) is 0.762. The topological polar surface area (TPSA) is 20.3 Å². The van der Waals surface area contributed by atoms with Crippen LogP contribution in [0, 0.1) is 5.41 Å². The van der Waals surface area contributed by atoms with Crippen LogP contribution in [0.25, 0.3) is 0 Å². The van der Waals surface area contributed by atoms with E-state index in [0.29, 0.717) is 5.41 Å². The highest BCUT2D eigenvalue weighted by Crippen LogP contribution is 2.31.